The van der Waals surface area contributed by atoms with Gasteiger partial charge in [0, 0.05) is 47.6 Å². The zero-order valence-electron chi connectivity index (χ0n) is 33.7. The van der Waals surface area contributed by atoms with Gasteiger partial charge < -0.3 is 25.7 Å². The van der Waals surface area contributed by atoms with Gasteiger partial charge in [-0.3, -0.25) is 4.68 Å². The summed E-state index contributed by atoms with van der Waals surface area (Å²) in [6.45, 7) is 12.8. The molecule has 4 N–H and O–H groups in total. The zero-order valence-corrected chi connectivity index (χ0v) is 34.5. The van der Waals surface area contributed by atoms with E-state index in [2.05, 4.69) is 59.3 Å². The van der Waals surface area contributed by atoms with Crippen molar-refractivity contribution < 1.29 is 15.0 Å². The second-order valence-corrected chi connectivity index (χ2v) is 19.7. The third-order valence-electron chi connectivity index (χ3n) is 13.5. The standard InChI is InChI=1S/C44H55N9O3S/c1-28-30-10-7-18-52(38(30)51-50-37(28)49-40-47-33-11-5-6-12-34(33)57-40)35-14-13-31(36(48-35)39(55)56)32-20-46-53(29(32)2)27-44-24-41(3)21-42(4,25-44)23-43(22-41,26-44)15-8-16-45-17-9-19-54/h5-6,11-14,20,45,54H,7-10,15-19,21-27H2,1-4H3,(H,55,56)(H,47,49,50)/t41-,42+,43?,44?. The number of para-hydroxylation sites is 1. The maximum absolute atomic E-state index is 12.9. The fraction of sp³-hybridized carbons (Fsp3) is 0.545. The molecule has 5 aromatic rings. The van der Waals surface area contributed by atoms with E-state index >= 15 is 0 Å². The number of thiazole rings is 1. The number of rotatable bonds is 14. The zero-order chi connectivity index (χ0) is 39.6. The van der Waals surface area contributed by atoms with E-state index in [1.165, 1.54) is 44.9 Å². The van der Waals surface area contributed by atoms with Crippen LogP contribution in [0.4, 0.5) is 22.6 Å². The van der Waals surface area contributed by atoms with E-state index in [1.807, 2.05) is 41.4 Å². The lowest BCUT2D eigenvalue weighted by Gasteiger charge is -2.70. The number of carbonyl (C=O) groups is 1. The summed E-state index contributed by atoms with van der Waals surface area (Å²) < 4.78 is 3.27. The third kappa shape index (κ3) is 7.09. The molecule has 4 aromatic heterocycles. The van der Waals surface area contributed by atoms with E-state index < -0.39 is 5.97 Å². The van der Waals surface area contributed by atoms with Crippen LogP contribution in [-0.4, -0.2) is 72.4 Å². The van der Waals surface area contributed by atoms with Crippen molar-refractivity contribution in [3.05, 3.63) is 65.1 Å². The predicted octanol–water partition coefficient (Wildman–Crippen LogP) is 8.61. The second kappa shape index (κ2) is 14.4. The van der Waals surface area contributed by atoms with Gasteiger partial charge >= 0.3 is 5.97 Å². The van der Waals surface area contributed by atoms with E-state index in [-0.39, 0.29) is 17.7 Å². The largest absolute Gasteiger partial charge is 0.476 e. The third-order valence-corrected chi connectivity index (χ3v) is 14.5. The topological polar surface area (TPSA) is 154 Å². The first-order valence-electron chi connectivity index (χ1n) is 20.7. The van der Waals surface area contributed by atoms with Crippen molar-refractivity contribution in [3.63, 3.8) is 0 Å². The fourth-order valence-corrected chi connectivity index (χ4v) is 13.5. The minimum absolute atomic E-state index is 0.0162. The van der Waals surface area contributed by atoms with Gasteiger partial charge in [-0.05, 0) is 143 Å². The summed E-state index contributed by atoms with van der Waals surface area (Å²) in [5, 5.41) is 41.7. The van der Waals surface area contributed by atoms with Gasteiger partial charge in [-0.2, -0.15) is 5.10 Å². The number of aromatic carboxylic acids is 1. The van der Waals surface area contributed by atoms with Crippen molar-refractivity contribution in [2.24, 2.45) is 21.7 Å². The van der Waals surface area contributed by atoms with E-state index in [9.17, 15) is 15.0 Å². The molecule has 4 fully saturated rings. The van der Waals surface area contributed by atoms with Gasteiger partial charge in [0.05, 0.1) is 16.4 Å². The molecule has 4 bridgehead atoms. The molecule has 10 rings (SSSR count). The summed E-state index contributed by atoms with van der Waals surface area (Å²) in [5.74, 6) is 0.865. The number of benzene rings is 1. The number of aliphatic hydroxyl groups is 1. The van der Waals surface area contributed by atoms with Crippen LogP contribution < -0.4 is 15.5 Å². The lowest BCUT2D eigenvalue weighted by molar-refractivity contribution is -0.197. The Labute approximate surface area is 338 Å². The molecule has 300 valence electrons. The normalized spacial score (nSPS) is 26.3. The second-order valence-electron chi connectivity index (χ2n) is 18.6. The highest BCUT2D eigenvalue weighted by atomic mass is 32.1. The number of pyridine rings is 1. The molecular formula is C44H55N9O3S. The molecule has 0 spiro atoms. The van der Waals surface area contributed by atoms with Crippen LogP contribution in [0, 0.1) is 35.5 Å². The Morgan fingerprint density at radius 3 is 2.46 bits per heavy atom. The minimum atomic E-state index is -1.07. The maximum atomic E-state index is 12.9. The molecule has 4 aliphatic carbocycles. The van der Waals surface area contributed by atoms with Crippen LogP contribution in [0.25, 0.3) is 21.3 Å². The average molecular weight is 790 g/mol. The summed E-state index contributed by atoms with van der Waals surface area (Å²) in [7, 11) is 0. The predicted molar refractivity (Wildman–Crippen MR) is 225 cm³/mol. The Bertz CT molecular complexity index is 2290. The summed E-state index contributed by atoms with van der Waals surface area (Å²) in [6.07, 6.45) is 14.4. The van der Waals surface area contributed by atoms with Gasteiger partial charge in [-0.1, -0.05) is 37.3 Å². The molecule has 5 aliphatic rings. The molecule has 4 saturated carbocycles. The molecular weight excluding hydrogens is 735 g/mol. The van der Waals surface area contributed by atoms with Crippen LogP contribution in [-0.2, 0) is 13.0 Å². The fourth-order valence-electron chi connectivity index (χ4n) is 12.7. The summed E-state index contributed by atoms with van der Waals surface area (Å²) >= 11 is 1.58. The number of anilines is 4. The molecule has 13 heteroatoms. The Morgan fingerprint density at radius 2 is 1.68 bits per heavy atom. The van der Waals surface area contributed by atoms with E-state index in [0.717, 1.165) is 83.1 Å². The smallest absolute Gasteiger partial charge is 0.355 e. The molecule has 0 saturated heterocycles. The van der Waals surface area contributed by atoms with Crippen LogP contribution in [0.15, 0.2) is 42.6 Å². The lowest BCUT2D eigenvalue weighted by Crippen LogP contribution is -2.60. The van der Waals surface area contributed by atoms with Gasteiger partial charge in [0.15, 0.2) is 22.5 Å². The number of carboxylic acid groups (broad SMARTS) is 1. The van der Waals surface area contributed by atoms with Crippen molar-refractivity contribution in [1.82, 2.24) is 35.3 Å². The van der Waals surface area contributed by atoms with E-state index in [1.54, 1.807) is 11.3 Å². The van der Waals surface area contributed by atoms with Crippen LogP contribution in [0.1, 0.15) is 105 Å². The van der Waals surface area contributed by atoms with Crippen molar-refractivity contribution in [2.45, 2.75) is 105 Å². The van der Waals surface area contributed by atoms with Crippen LogP contribution >= 0.6 is 11.3 Å². The molecule has 0 radical (unpaired) electrons. The summed E-state index contributed by atoms with van der Waals surface area (Å²) in [6, 6.07) is 11.9. The number of hydrogen-bond donors (Lipinski definition) is 4. The number of hydrogen-bond acceptors (Lipinski definition) is 11. The Kier molecular flexibility index (Phi) is 9.64. The van der Waals surface area contributed by atoms with Crippen LogP contribution in [0.2, 0.25) is 0 Å². The number of aromatic nitrogens is 6. The lowest BCUT2D eigenvalue weighted by atomic mass is 9.35. The molecule has 1 aromatic carbocycles. The summed E-state index contributed by atoms with van der Waals surface area (Å²) in [4.78, 5) is 24.5. The number of fused-ring (bicyclic) bond motifs is 2. The molecule has 4 atom stereocenters. The van der Waals surface area contributed by atoms with Crippen molar-refractivity contribution in [3.8, 4) is 11.1 Å². The monoisotopic (exact) mass is 789 g/mol. The van der Waals surface area contributed by atoms with E-state index in [0.29, 0.717) is 45.8 Å². The van der Waals surface area contributed by atoms with Gasteiger partial charge in [0.1, 0.15) is 5.82 Å². The first kappa shape index (κ1) is 38.1. The quantitative estimate of drug-likeness (QED) is 0.0800. The molecule has 57 heavy (non-hydrogen) atoms. The number of nitrogens with one attached hydrogen (secondary N) is 2. The van der Waals surface area contributed by atoms with Crippen LogP contribution in [0.5, 0.6) is 0 Å². The van der Waals surface area contributed by atoms with Gasteiger partial charge in [-0.15, -0.1) is 10.2 Å². The first-order valence-corrected chi connectivity index (χ1v) is 21.6. The molecule has 5 heterocycles. The molecule has 0 amide bonds. The van der Waals surface area contributed by atoms with Gasteiger partial charge in [-0.25, -0.2) is 14.8 Å². The Morgan fingerprint density at radius 1 is 0.912 bits per heavy atom. The molecule has 1 aliphatic heterocycles. The van der Waals surface area contributed by atoms with Crippen molar-refractivity contribution in [1.29, 1.82) is 0 Å². The summed E-state index contributed by atoms with van der Waals surface area (Å²) in [5.41, 5.74) is 6.59. The highest BCUT2D eigenvalue weighted by Crippen LogP contribution is 2.75. The highest BCUT2D eigenvalue weighted by molar-refractivity contribution is 7.22. The van der Waals surface area contributed by atoms with Gasteiger partial charge in [0.2, 0.25) is 0 Å². The Balaban J connectivity index is 0.960. The SMILES string of the molecule is Cc1c(Nc2nc3ccccc3s2)nnc2c1CCCN2c1ccc(-c2cnn(CC34CC5(CCCNCCCO)C[C@@](C)(C3)C[C@](C)(C5)C4)c2C)c(C(=O)O)n1. The minimum Gasteiger partial charge on any atom is -0.476 e. The highest BCUT2D eigenvalue weighted by Gasteiger charge is 2.65. The average Bonchev–Trinajstić information content (AvgIpc) is 3.74. The van der Waals surface area contributed by atoms with Crippen molar-refractivity contribution >= 4 is 50.1 Å². The number of nitrogens with zero attached hydrogens (tertiary/aromatic N) is 7. The number of aliphatic hydroxyl groups excluding tert-OH is 1. The number of carboxylic acids is 1. The van der Waals surface area contributed by atoms with E-state index in [4.69, 9.17) is 15.1 Å². The molecule has 2 unspecified atom stereocenters. The Hall–Kier alpha value is -4.46. The van der Waals surface area contributed by atoms with Gasteiger partial charge in [0.25, 0.3) is 0 Å². The van der Waals surface area contributed by atoms with Crippen molar-refractivity contribution in [2.75, 3.05) is 36.5 Å². The first-order chi connectivity index (χ1) is 27.4. The van der Waals surface area contributed by atoms with Crippen LogP contribution in [0.3, 0.4) is 0 Å². The molecule has 12 nitrogen and oxygen atoms in total. The maximum Gasteiger partial charge on any atom is 0.355 e.